The van der Waals surface area contributed by atoms with Crippen molar-refractivity contribution in [2.75, 3.05) is 12.3 Å². The summed E-state index contributed by atoms with van der Waals surface area (Å²) in [6.45, 7) is 2.35. The molecule has 2 N–H and O–H groups in total. The molecule has 4 nitrogen and oxygen atoms in total. The van der Waals surface area contributed by atoms with Crippen LogP contribution in [0.4, 0.5) is 10.1 Å². The highest BCUT2D eigenvalue weighted by Gasteiger charge is 2.10. The summed E-state index contributed by atoms with van der Waals surface area (Å²) in [5, 5.41) is 0. The number of esters is 1. The van der Waals surface area contributed by atoms with E-state index in [1.165, 1.54) is 12.1 Å². The van der Waals surface area contributed by atoms with Crippen molar-refractivity contribution in [3.63, 3.8) is 0 Å². The molecule has 0 bridgehead atoms. The fourth-order valence-corrected chi connectivity index (χ4v) is 1.86. The lowest BCUT2D eigenvalue weighted by Crippen LogP contribution is -2.07. The molecule has 0 atom stereocenters. The highest BCUT2D eigenvalue weighted by Crippen LogP contribution is 2.24. The van der Waals surface area contributed by atoms with E-state index in [0.717, 1.165) is 6.42 Å². The zero-order valence-electron chi connectivity index (χ0n) is 12.3. The summed E-state index contributed by atoms with van der Waals surface area (Å²) in [5.74, 6) is -0.356. The summed E-state index contributed by atoms with van der Waals surface area (Å²) < 4.78 is 24.0. The van der Waals surface area contributed by atoms with Gasteiger partial charge in [0.25, 0.3) is 0 Å². The van der Waals surface area contributed by atoms with Crippen LogP contribution < -0.4 is 10.5 Å². The Morgan fingerprint density at radius 1 is 1.23 bits per heavy atom. The standard InChI is InChI=1S/C17H18FNO3/c1-2-9-21-17(20)12-7-8-16(15(19)10-12)22-11-13-5-3-4-6-14(13)18/h3-8,10H,2,9,11,19H2,1H3. The molecule has 0 spiro atoms. The second-order valence-corrected chi connectivity index (χ2v) is 4.77. The quantitative estimate of drug-likeness (QED) is 0.655. The molecule has 116 valence electrons. The molecular formula is C17H18FNO3. The lowest BCUT2D eigenvalue weighted by Gasteiger charge is -2.11. The number of ether oxygens (including phenoxy) is 2. The maximum atomic E-state index is 13.5. The Bertz CT molecular complexity index is 658. The van der Waals surface area contributed by atoms with E-state index < -0.39 is 5.97 Å². The summed E-state index contributed by atoms with van der Waals surface area (Å²) in [5.41, 5.74) is 6.97. The first-order chi connectivity index (χ1) is 10.6. The summed E-state index contributed by atoms with van der Waals surface area (Å²) in [4.78, 5) is 11.7. The highest BCUT2D eigenvalue weighted by atomic mass is 19.1. The molecule has 0 saturated heterocycles. The molecular weight excluding hydrogens is 285 g/mol. The van der Waals surface area contributed by atoms with Crippen LogP contribution in [0.25, 0.3) is 0 Å². The van der Waals surface area contributed by atoms with Crippen LogP contribution in [0.1, 0.15) is 29.3 Å². The zero-order valence-corrected chi connectivity index (χ0v) is 12.3. The minimum absolute atomic E-state index is 0.0660. The molecule has 0 aliphatic carbocycles. The third-order valence-corrected chi connectivity index (χ3v) is 3.02. The van der Waals surface area contributed by atoms with Gasteiger partial charge in [-0.25, -0.2) is 9.18 Å². The predicted octanol–water partition coefficient (Wildman–Crippen LogP) is 3.55. The van der Waals surface area contributed by atoms with Gasteiger partial charge in [0, 0.05) is 5.56 Å². The summed E-state index contributed by atoms with van der Waals surface area (Å²) in [6.07, 6.45) is 0.755. The van der Waals surface area contributed by atoms with Crippen LogP contribution in [0.3, 0.4) is 0 Å². The van der Waals surface area contributed by atoms with E-state index in [1.807, 2.05) is 6.92 Å². The number of nitrogen functional groups attached to an aromatic ring is 1. The molecule has 2 aromatic carbocycles. The SMILES string of the molecule is CCCOC(=O)c1ccc(OCc2ccccc2F)c(N)c1. The lowest BCUT2D eigenvalue weighted by atomic mass is 10.2. The average molecular weight is 303 g/mol. The summed E-state index contributed by atoms with van der Waals surface area (Å²) in [6, 6.07) is 11.0. The highest BCUT2D eigenvalue weighted by molar-refractivity contribution is 5.91. The Hall–Kier alpha value is -2.56. The lowest BCUT2D eigenvalue weighted by molar-refractivity contribution is 0.0505. The van der Waals surface area contributed by atoms with E-state index >= 15 is 0 Å². The maximum absolute atomic E-state index is 13.5. The van der Waals surface area contributed by atoms with E-state index in [4.69, 9.17) is 15.2 Å². The molecule has 0 unspecified atom stereocenters. The van der Waals surface area contributed by atoms with E-state index in [2.05, 4.69) is 0 Å². The summed E-state index contributed by atoms with van der Waals surface area (Å²) in [7, 11) is 0. The molecule has 0 heterocycles. The number of hydrogen-bond donors (Lipinski definition) is 1. The minimum Gasteiger partial charge on any atom is -0.487 e. The molecule has 22 heavy (non-hydrogen) atoms. The number of carbonyl (C=O) groups is 1. The van der Waals surface area contributed by atoms with Gasteiger partial charge in [0.2, 0.25) is 0 Å². The van der Waals surface area contributed by atoms with Crippen molar-refractivity contribution in [3.05, 3.63) is 59.4 Å². The fraction of sp³-hybridized carbons (Fsp3) is 0.235. The molecule has 0 fully saturated rings. The molecule has 2 aromatic rings. The smallest absolute Gasteiger partial charge is 0.338 e. The van der Waals surface area contributed by atoms with E-state index in [-0.39, 0.29) is 12.4 Å². The first-order valence-electron chi connectivity index (χ1n) is 7.04. The number of carbonyl (C=O) groups excluding carboxylic acids is 1. The van der Waals surface area contributed by atoms with Crippen LogP contribution in [-0.2, 0) is 11.3 Å². The van der Waals surface area contributed by atoms with Crippen molar-refractivity contribution in [2.24, 2.45) is 0 Å². The number of halogens is 1. The minimum atomic E-state index is -0.422. The largest absolute Gasteiger partial charge is 0.487 e. The Morgan fingerprint density at radius 2 is 2.00 bits per heavy atom. The average Bonchev–Trinajstić information content (AvgIpc) is 2.52. The van der Waals surface area contributed by atoms with E-state index in [0.29, 0.717) is 29.2 Å². The van der Waals surface area contributed by atoms with Crippen LogP contribution in [0, 0.1) is 5.82 Å². The normalized spacial score (nSPS) is 10.3. The monoisotopic (exact) mass is 303 g/mol. The van der Waals surface area contributed by atoms with E-state index in [1.54, 1.807) is 30.3 Å². The molecule has 5 heteroatoms. The van der Waals surface area contributed by atoms with Crippen molar-refractivity contribution in [3.8, 4) is 5.75 Å². The summed E-state index contributed by atoms with van der Waals surface area (Å²) >= 11 is 0. The molecule has 0 aliphatic heterocycles. The van der Waals surface area contributed by atoms with E-state index in [9.17, 15) is 9.18 Å². The molecule has 0 amide bonds. The Morgan fingerprint density at radius 3 is 2.68 bits per heavy atom. The third kappa shape index (κ3) is 3.97. The first-order valence-corrected chi connectivity index (χ1v) is 7.04. The molecule has 0 radical (unpaired) electrons. The van der Waals surface area contributed by atoms with Gasteiger partial charge in [-0.2, -0.15) is 0 Å². The van der Waals surface area contributed by atoms with Gasteiger partial charge in [0.05, 0.1) is 17.9 Å². The molecule has 0 aromatic heterocycles. The number of nitrogens with two attached hydrogens (primary N) is 1. The van der Waals surface area contributed by atoms with Gasteiger partial charge in [0.1, 0.15) is 18.2 Å². The van der Waals surface area contributed by atoms with Crippen molar-refractivity contribution >= 4 is 11.7 Å². The molecule has 2 rings (SSSR count). The Kier molecular flexibility index (Phi) is 5.36. The van der Waals surface area contributed by atoms with Crippen LogP contribution in [0.15, 0.2) is 42.5 Å². The van der Waals surface area contributed by atoms with Gasteiger partial charge in [-0.3, -0.25) is 0 Å². The van der Waals surface area contributed by atoms with Crippen LogP contribution in [0.5, 0.6) is 5.75 Å². The maximum Gasteiger partial charge on any atom is 0.338 e. The third-order valence-electron chi connectivity index (χ3n) is 3.02. The van der Waals surface area contributed by atoms with Crippen molar-refractivity contribution in [2.45, 2.75) is 20.0 Å². The first kappa shape index (κ1) is 15.8. The van der Waals surface area contributed by atoms with Gasteiger partial charge in [-0.1, -0.05) is 25.1 Å². The van der Waals surface area contributed by atoms with Gasteiger partial charge >= 0.3 is 5.97 Å². The second-order valence-electron chi connectivity index (χ2n) is 4.77. The van der Waals surface area contributed by atoms with Gasteiger partial charge in [-0.05, 0) is 30.7 Å². The Labute approximate surface area is 128 Å². The number of hydrogen-bond acceptors (Lipinski definition) is 4. The van der Waals surface area contributed by atoms with Gasteiger partial charge in [-0.15, -0.1) is 0 Å². The topological polar surface area (TPSA) is 61.5 Å². The fourth-order valence-electron chi connectivity index (χ4n) is 1.86. The second kappa shape index (κ2) is 7.45. The predicted molar refractivity (Wildman–Crippen MR) is 82.2 cm³/mol. The number of benzene rings is 2. The Balaban J connectivity index is 2.04. The molecule has 0 aliphatic rings. The van der Waals surface area contributed by atoms with Gasteiger partial charge in [0.15, 0.2) is 0 Å². The van der Waals surface area contributed by atoms with Crippen LogP contribution in [0.2, 0.25) is 0 Å². The number of anilines is 1. The zero-order chi connectivity index (χ0) is 15.9. The van der Waals surface area contributed by atoms with Crippen molar-refractivity contribution in [1.29, 1.82) is 0 Å². The molecule has 0 saturated carbocycles. The van der Waals surface area contributed by atoms with Crippen LogP contribution in [-0.4, -0.2) is 12.6 Å². The van der Waals surface area contributed by atoms with Crippen LogP contribution >= 0.6 is 0 Å². The van der Waals surface area contributed by atoms with Crippen molar-refractivity contribution < 1.29 is 18.7 Å². The van der Waals surface area contributed by atoms with Gasteiger partial charge < -0.3 is 15.2 Å². The van der Waals surface area contributed by atoms with Crippen molar-refractivity contribution in [1.82, 2.24) is 0 Å². The number of rotatable bonds is 6.